The summed E-state index contributed by atoms with van der Waals surface area (Å²) in [6.07, 6.45) is 0. The molecule has 0 spiro atoms. The van der Waals surface area contributed by atoms with Crippen LogP contribution >= 0.6 is 0 Å². The minimum Gasteiger partial charge on any atom is -0.298 e. The van der Waals surface area contributed by atoms with Crippen LogP contribution < -0.4 is 0 Å². The summed E-state index contributed by atoms with van der Waals surface area (Å²) in [7, 11) is -0.553. The van der Waals surface area contributed by atoms with Crippen LogP contribution in [0.15, 0.2) is 0 Å². The molecule has 0 aromatic rings. The molecule has 13 heavy (non-hydrogen) atoms. The topological polar surface area (TPSA) is 54.5 Å². The molecule has 0 unspecified atom stereocenters. The number of Topliss-reactive ketones (excluding diaryl/α,β-unsaturated/α-hetero) is 1. The maximum absolute atomic E-state index is 11.4. The lowest BCUT2D eigenvalue weighted by atomic mass is 9.92. The summed E-state index contributed by atoms with van der Waals surface area (Å²) in [6, 6.07) is 0. The molecule has 4 nitrogen and oxygen atoms in total. The quantitative estimate of drug-likeness (QED) is 0.677. The SMILES string of the molecule is CN(C)S(=O)(=O)CC(=O)C(C)(C)C. The Kier molecular flexibility index (Phi) is 3.63. The summed E-state index contributed by atoms with van der Waals surface area (Å²) >= 11 is 0. The van der Waals surface area contributed by atoms with Gasteiger partial charge in [-0.3, -0.25) is 4.79 Å². The maximum Gasteiger partial charge on any atom is 0.220 e. The molecule has 78 valence electrons. The number of carbonyl (C=O) groups is 1. The van der Waals surface area contributed by atoms with E-state index in [1.807, 2.05) is 0 Å². The number of sulfonamides is 1. The molecule has 0 N–H and O–H groups in total. The van der Waals surface area contributed by atoms with Crippen molar-refractivity contribution in [3.05, 3.63) is 0 Å². The van der Waals surface area contributed by atoms with Crippen molar-refractivity contribution in [2.24, 2.45) is 5.41 Å². The van der Waals surface area contributed by atoms with Crippen LogP contribution in [0.25, 0.3) is 0 Å². The second-order valence-corrected chi connectivity index (χ2v) is 6.39. The molecule has 0 aliphatic heterocycles. The average molecular weight is 207 g/mol. The summed E-state index contributed by atoms with van der Waals surface area (Å²) in [5.74, 6) is -0.676. The first kappa shape index (κ1) is 12.6. The van der Waals surface area contributed by atoms with Crippen LogP contribution in [0.5, 0.6) is 0 Å². The zero-order chi connectivity index (χ0) is 10.9. The van der Waals surface area contributed by atoms with Crippen molar-refractivity contribution >= 4 is 15.8 Å². The van der Waals surface area contributed by atoms with Crippen molar-refractivity contribution < 1.29 is 13.2 Å². The minimum absolute atomic E-state index is 0.263. The molecule has 0 aromatic carbocycles. The van der Waals surface area contributed by atoms with Gasteiger partial charge >= 0.3 is 0 Å². The van der Waals surface area contributed by atoms with E-state index in [9.17, 15) is 13.2 Å². The van der Waals surface area contributed by atoms with Crippen molar-refractivity contribution in [1.82, 2.24) is 4.31 Å². The minimum atomic E-state index is -3.40. The van der Waals surface area contributed by atoms with Gasteiger partial charge in [-0.25, -0.2) is 12.7 Å². The standard InChI is InChI=1S/C8H17NO3S/c1-8(2,3)7(10)6-13(11,12)9(4)5/h6H2,1-5H3. The first-order valence-corrected chi connectivity index (χ1v) is 5.62. The van der Waals surface area contributed by atoms with E-state index in [0.29, 0.717) is 0 Å². The summed E-state index contributed by atoms with van der Waals surface area (Å²) in [5, 5.41) is 0. The lowest BCUT2D eigenvalue weighted by Crippen LogP contribution is -2.34. The Hall–Kier alpha value is -0.420. The predicted octanol–water partition coefficient (Wildman–Crippen LogP) is 0.493. The van der Waals surface area contributed by atoms with E-state index in [1.165, 1.54) is 14.1 Å². The van der Waals surface area contributed by atoms with Gasteiger partial charge in [0, 0.05) is 19.5 Å². The largest absolute Gasteiger partial charge is 0.298 e. The second-order valence-electron chi connectivity index (χ2n) is 4.21. The van der Waals surface area contributed by atoms with E-state index in [4.69, 9.17) is 0 Å². The summed E-state index contributed by atoms with van der Waals surface area (Å²) in [6.45, 7) is 5.13. The number of ketones is 1. The Morgan fingerprint density at radius 3 is 1.85 bits per heavy atom. The summed E-state index contributed by atoms with van der Waals surface area (Å²) in [4.78, 5) is 11.4. The Morgan fingerprint density at radius 2 is 1.62 bits per heavy atom. The molecule has 0 aliphatic carbocycles. The maximum atomic E-state index is 11.4. The fourth-order valence-corrected chi connectivity index (χ4v) is 1.53. The van der Waals surface area contributed by atoms with E-state index in [0.717, 1.165) is 4.31 Å². The first-order chi connectivity index (χ1) is 5.57. The van der Waals surface area contributed by atoms with Crippen LogP contribution in [0.4, 0.5) is 0 Å². The number of hydrogen-bond acceptors (Lipinski definition) is 3. The monoisotopic (exact) mass is 207 g/mol. The average Bonchev–Trinajstić information content (AvgIpc) is 1.83. The van der Waals surface area contributed by atoms with E-state index < -0.39 is 21.2 Å². The predicted molar refractivity (Wildman–Crippen MR) is 51.9 cm³/mol. The molecule has 0 saturated carbocycles. The van der Waals surface area contributed by atoms with Gasteiger partial charge in [0.15, 0.2) is 5.78 Å². The fraction of sp³-hybridized carbons (Fsp3) is 0.875. The highest BCUT2D eigenvalue weighted by Crippen LogP contribution is 2.16. The summed E-state index contributed by atoms with van der Waals surface area (Å²) in [5.41, 5.74) is -0.594. The molecule has 0 atom stereocenters. The van der Waals surface area contributed by atoms with Crippen molar-refractivity contribution in [1.29, 1.82) is 0 Å². The highest BCUT2D eigenvalue weighted by Gasteiger charge is 2.27. The normalized spacial score (nSPS) is 13.4. The highest BCUT2D eigenvalue weighted by atomic mass is 32.2. The zero-order valence-corrected chi connectivity index (χ0v) is 9.60. The highest BCUT2D eigenvalue weighted by molar-refractivity contribution is 7.89. The fourth-order valence-electron chi connectivity index (χ4n) is 0.511. The van der Waals surface area contributed by atoms with Gasteiger partial charge in [-0.2, -0.15) is 0 Å². The van der Waals surface area contributed by atoms with Crippen LogP contribution in [0.3, 0.4) is 0 Å². The number of hydrogen-bond donors (Lipinski definition) is 0. The Balaban J connectivity index is 4.58. The first-order valence-electron chi connectivity index (χ1n) is 4.01. The lowest BCUT2D eigenvalue weighted by Gasteiger charge is -2.18. The number of nitrogens with zero attached hydrogens (tertiary/aromatic N) is 1. The van der Waals surface area contributed by atoms with Crippen molar-refractivity contribution in [2.75, 3.05) is 19.8 Å². The van der Waals surface area contributed by atoms with Crippen LogP contribution in [-0.4, -0.2) is 38.4 Å². The van der Waals surface area contributed by atoms with Gasteiger partial charge in [-0.1, -0.05) is 20.8 Å². The van der Waals surface area contributed by atoms with Gasteiger partial charge in [0.25, 0.3) is 0 Å². The van der Waals surface area contributed by atoms with Gasteiger partial charge in [-0.05, 0) is 0 Å². The van der Waals surface area contributed by atoms with Gasteiger partial charge in [0.1, 0.15) is 5.75 Å². The Bertz CT molecular complexity index is 285. The van der Waals surface area contributed by atoms with Gasteiger partial charge in [-0.15, -0.1) is 0 Å². The van der Waals surface area contributed by atoms with E-state index >= 15 is 0 Å². The van der Waals surface area contributed by atoms with Crippen LogP contribution in [0, 0.1) is 5.41 Å². The smallest absolute Gasteiger partial charge is 0.220 e. The summed E-state index contributed by atoms with van der Waals surface area (Å²) < 4.78 is 23.7. The number of rotatable bonds is 3. The molecule has 0 radical (unpaired) electrons. The van der Waals surface area contributed by atoms with Crippen molar-refractivity contribution in [3.63, 3.8) is 0 Å². The van der Waals surface area contributed by atoms with Crippen LogP contribution in [0.1, 0.15) is 20.8 Å². The molecule has 0 fully saturated rings. The molecule has 0 heterocycles. The van der Waals surface area contributed by atoms with E-state index in [-0.39, 0.29) is 5.78 Å². The Morgan fingerprint density at radius 1 is 1.23 bits per heavy atom. The van der Waals surface area contributed by atoms with Gasteiger partial charge in [0.05, 0.1) is 0 Å². The van der Waals surface area contributed by atoms with Crippen LogP contribution in [-0.2, 0) is 14.8 Å². The number of carbonyl (C=O) groups excluding carboxylic acids is 1. The zero-order valence-electron chi connectivity index (χ0n) is 8.79. The van der Waals surface area contributed by atoms with E-state index in [2.05, 4.69) is 0 Å². The molecule has 5 heteroatoms. The van der Waals surface area contributed by atoms with Gasteiger partial charge < -0.3 is 0 Å². The molecule has 0 saturated heterocycles. The molecular weight excluding hydrogens is 190 g/mol. The van der Waals surface area contributed by atoms with Crippen molar-refractivity contribution in [2.45, 2.75) is 20.8 Å². The van der Waals surface area contributed by atoms with E-state index in [1.54, 1.807) is 20.8 Å². The van der Waals surface area contributed by atoms with Crippen molar-refractivity contribution in [3.8, 4) is 0 Å². The second kappa shape index (κ2) is 3.75. The third-order valence-corrected chi connectivity index (χ3v) is 3.45. The molecule has 0 bridgehead atoms. The Labute approximate surface area is 80.0 Å². The molecule has 0 amide bonds. The third kappa shape index (κ3) is 3.87. The van der Waals surface area contributed by atoms with Gasteiger partial charge in [0.2, 0.25) is 10.0 Å². The molecular formula is C8H17NO3S. The third-order valence-electron chi connectivity index (χ3n) is 1.71. The molecule has 0 aliphatic rings. The lowest BCUT2D eigenvalue weighted by molar-refractivity contribution is -0.123. The van der Waals surface area contributed by atoms with Crippen LogP contribution in [0.2, 0.25) is 0 Å². The molecule has 0 rings (SSSR count). The molecule has 0 aromatic heterocycles.